The molecule has 2 atom stereocenters. The Hall–Kier alpha value is -3.74. The number of methoxy groups -OCH3 is 1. The molecule has 1 saturated heterocycles. The van der Waals surface area contributed by atoms with Crippen molar-refractivity contribution in [2.45, 2.75) is 12.5 Å². The van der Waals surface area contributed by atoms with Gasteiger partial charge in [-0.3, -0.25) is 14.6 Å². The summed E-state index contributed by atoms with van der Waals surface area (Å²) in [5, 5.41) is 2.98. The molecule has 2 unspecified atom stereocenters. The second-order valence-electron chi connectivity index (χ2n) is 7.79. The monoisotopic (exact) mass is 433 g/mol. The van der Waals surface area contributed by atoms with Gasteiger partial charge >= 0.3 is 0 Å². The van der Waals surface area contributed by atoms with Gasteiger partial charge < -0.3 is 15.0 Å². The SMILES string of the molecule is COc1cccc(C2CN(C(=O)c3ccc(F)cc3)CC2C(=O)NCc2cccnc2)c1. The van der Waals surface area contributed by atoms with Crippen molar-refractivity contribution in [2.75, 3.05) is 20.2 Å². The summed E-state index contributed by atoms with van der Waals surface area (Å²) in [6.07, 6.45) is 3.39. The first-order chi connectivity index (χ1) is 15.5. The predicted octanol–water partition coefficient (Wildman–Crippen LogP) is 3.40. The van der Waals surface area contributed by atoms with E-state index in [9.17, 15) is 14.0 Å². The van der Waals surface area contributed by atoms with Crippen LogP contribution in [0.15, 0.2) is 73.1 Å². The van der Waals surface area contributed by atoms with Crippen molar-refractivity contribution in [2.24, 2.45) is 5.92 Å². The van der Waals surface area contributed by atoms with E-state index in [0.29, 0.717) is 24.4 Å². The fourth-order valence-corrected chi connectivity index (χ4v) is 4.04. The van der Waals surface area contributed by atoms with Crippen LogP contribution in [0.25, 0.3) is 0 Å². The van der Waals surface area contributed by atoms with Crippen LogP contribution >= 0.6 is 0 Å². The van der Waals surface area contributed by atoms with Crippen molar-refractivity contribution in [3.63, 3.8) is 0 Å². The van der Waals surface area contributed by atoms with Gasteiger partial charge in [-0.2, -0.15) is 0 Å². The summed E-state index contributed by atoms with van der Waals surface area (Å²) < 4.78 is 18.6. The van der Waals surface area contributed by atoms with Gasteiger partial charge in [0.05, 0.1) is 13.0 Å². The summed E-state index contributed by atoms with van der Waals surface area (Å²) in [7, 11) is 1.59. The molecule has 0 spiro atoms. The zero-order valence-electron chi connectivity index (χ0n) is 17.7. The van der Waals surface area contributed by atoms with E-state index in [0.717, 1.165) is 11.1 Å². The van der Waals surface area contributed by atoms with Crippen LogP contribution in [-0.2, 0) is 11.3 Å². The number of carbonyl (C=O) groups excluding carboxylic acids is 2. The molecule has 1 fully saturated rings. The van der Waals surface area contributed by atoms with Crippen molar-refractivity contribution >= 4 is 11.8 Å². The minimum Gasteiger partial charge on any atom is -0.497 e. The van der Waals surface area contributed by atoms with Gasteiger partial charge in [0.1, 0.15) is 11.6 Å². The third-order valence-electron chi connectivity index (χ3n) is 5.75. The molecule has 1 aromatic heterocycles. The fourth-order valence-electron chi connectivity index (χ4n) is 4.04. The Labute approximate surface area is 186 Å². The lowest BCUT2D eigenvalue weighted by Gasteiger charge is -2.18. The normalized spacial score (nSPS) is 17.8. The summed E-state index contributed by atoms with van der Waals surface area (Å²) in [5.74, 6) is -0.673. The van der Waals surface area contributed by atoms with Gasteiger partial charge in [-0.15, -0.1) is 0 Å². The van der Waals surface area contributed by atoms with Crippen LogP contribution in [-0.4, -0.2) is 41.9 Å². The molecule has 2 amide bonds. The van der Waals surface area contributed by atoms with Crippen LogP contribution in [0, 0.1) is 11.7 Å². The number of nitrogens with zero attached hydrogens (tertiary/aromatic N) is 2. The van der Waals surface area contributed by atoms with E-state index in [1.54, 1.807) is 24.4 Å². The molecule has 6 nitrogen and oxygen atoms in total. The largest absolute Gasteiger partial charge is 0.497 e. The first kappa shape index (κ1) is 21.5. The van der Waals surface area contributed by atoms with Gasteiger partial charge in [-0.25, -0.2) is 4.39 Å². The number of halogens is 1. The van der Waals surface area contributed by atoms with Crippen LogP contribution < -0.4 is 10.1 Å². The van der Waals surface area contributed by atoms with Gasteiger partial charge in [0.2, 0.25) is 5.91 Å². The minimum atomic E-state index is -0.428. The van der Waals surface area contributed by atoms with Crippen LogP contribution in [0.2, 0.25) is 0 Å². The quantitative estimate of drug-likeness (QED) is 0.647. The average Bonchev–Trinajstić information content (AvgIpc) is 3.29. The second kappa shape index (κ2) is 9.60. The van der Waals surface area contributed by atoms with E-state index in [4.69, 9.17) is 4.74 Å². The van der Waals surface area contributed by atoms with E-state index in [1.165, 1.54) is 24.3 Å². The molecule has 0 saturated carbocycles. The molecule has 2 aromatic carbocycles. The first-order valence-electron chi connectivity index (χ1n) is 10.4. The van der Waals surface area contributed by atoms with Crippen LogP contribution in [0.4, 0.5) is 4.39 Å². The summed E-state index contributed by atoms with van der Waals surface area (Å²) in [5.41, 5.74) is 2.23. The van der Waals surface area contributed by atoms with Crippen LogP contribution in [0.3, 0.4) is 0 Å². The standard InChI is InChI=1S/C25H24FN3O3/c1-32-21-6-2-5-19(12-21)22-15-29(25(31)18-7-9-20(26)10-8-18)16-23(22)24(30)28-14-17-4-3-11-27-13-17/h2-13,22-23H,14-16H2,1H3,(H,28,30). The number of likely N-dealkylation sites (tertiary alicyclic amines) is 1. The number of ether oxygens (including phenoxy) is 1. The predicted molar refractivity (Wildman–Crippen MR) is 118 cm³/mol. The maximum absolute atomic E-state index is 13.3. The molecule has 0 bridgehead atoms. The minimum absolute atomic E-state index is 0.129. The molecule has 4 rings (SSSR count). The molecule has 1 aliphatic rings. The Bertz CT molecular complexity index is 1090. The zero-order chi connectivity index (χ0) is 22.5. The van der Waals surface area contributed by atoms with Crippen molar-refractivity contribution in [3.8, 4) is 5.75 Å². The van der Waals surface area contributed by atoms with E-state index in [1.807, 2.05) is 36.4 Å². The lowest BCUT2D eigenvalue weighted by molar-refractivity contribution is -0.125. The maximum atomic E-state index is 13.3. The highest BCUT2D eigenvalue weighted by Crippen LogP contribution is 2.35. The van der Waals surface area contributed by atoms with Gasteiger partial charge in [-0.1, -0.05) is 18.2 Å². The lowest BCUT2D eigenvalue weighted by Crippen LogP contribution is -2.35. The first-order valence-corrected chi connectivity index (χ1v) is 10.4. The number of amides is 2. The van der Waals surface area contributed by atoms with Gasteiger partial charge in [0.15, 0.2) is 0 Å². The number of hydrogen-bond donors (Lipinski definition) is 1. The van der Waals surface area contributed by atoms with Gasteiger partial charge in [-0.05, 0) is 53.6 Å². The average molecular weight is 433 g/mol. The topological polar surface area (TPSA) is 71.5 Å². The Morgan fingerprint density at radius 3 is 2.66 bits per heavy atom. The van der Waals surface area contributed by atoms with E-state index >= 15 is 0 Å². The molecule has 1 aliphatic heterocycles. The van der Waals surface area contributed by atoms with Crippen LogP contribution in [0.5, 0.6) is 5.75 Å². The Balaban J connectivity index is 1.56. The molecule has 7 heteroatoms. The number of rotatable bonds is 6. The van der Waals surface area contributed by atoms with Crippen molar-refractivity contribution in [1.82, 2.24) is 15.2 Å². The molecule has 1 N–H and O–H groups in total. The number of aromatic nitrogens is 1. The summed E-state index contributed by atoms with van der Waals surface area (Å²) in [4.78, 5) is 31.9. The highest BCUT2D eigenvalue weighted by molar-refractivity contribution is 5.95. The number of carbonyl (C=O) groups is 2. The number of hydrogen-bond acceptors (Lipinski definition) is 4. The van der Waals surface area contributed by atoms with Crippen molar-refractivity contribution < 1.29 is 18.7 Å². The number of benzene rings is 2. The molecule has 0 aliphatic carbocycles. The smallest absolute Gasteiger partial charge is 0.253 e. The van der Waals surface area contributed by atoms with E-state index < -0.39 is 11.7 Å². The van der Waals surface area contributed by atoms with Gasteiger partial charge in [0, 0.05) is 43.5 Å². The highest BCUT2D eigenvalue weighted by atomic mass is 19.1. The molecule has 0 radical (unpaired) electrons. The molecule has 164 valence electrons. The van der Waals surface area contributed by atoms with E-state index in [2.05, 4.69) is 10.3 Å². The Kier molecular flexibility index (Phi) is 6.44. The molecular weight excluding hydrogens is 409 g/mol. The second-order valence-corrected chi connectivity index (χ2v) is 7.79. The molecule has 3 aromatic rings. The summed E-state index contributed by atoms with van der Waals surface area (Å²) in [6.45, 7) is 1.02. The Morgan fingerprint density at radius 1 is 1.12 bits per heavy atom. The fraction of sp³-hybridized carbons (Fsp3) is 0.240. The maximum Gasteiger partial charge on any atom is 0.253 e. The summed E-state index contributed by atoms with van der Waals surface area (Å²) in [6, 6.07) is 16.7. The molecule has 2 heterocycles. The lowest BCUT2D eigenvalue weighted by atomic mass is 9.88. The van der Waals surface area contributed by atoms with Crippen molar-refractivity contribution in [1.29, 1.82) is 0 Å². The molecular formula is C25H24FN3O3. The van der Waals surface area contributed by atoms with Crippen molar-refractivity contribution in [3.05, 3.63) is 95.6 Å². The third kappa shape index (κ3) is 4.77. The number of nitrogens with one attached hydrogen (secondary N) is 1. The molecule has 32 heavy (non-hydrogen) atoms. The zero-order valence-corrected chi connectivity index (χ0v) is 17.7. The van der Waals surface area contributed by atoms with Gasteiger partial charge in [0.25, 0.3) is 5.91 Å². The third-order valence-corrected chi connectivity index (χ3v) is 5.75. The summed E-state index contributed by atoms with van der Waals surface area (Å²) >= 11 is 0. The number of pyridine rings is 1. The highest BCUT2D eigenvalue weighted by Gasteiger charge is 2.40. The van der Waals surface area contributed by atoms with E-state index in [-0.39, 0.29) is 24.3 Å². The van der Waals surface area contributed by atoms with Crippen LogP contribution in [0.1, 0.15) is 27.4 Å². The Morgan fingerprint density at radius 2 is 1.94 bits per heavy atom.